The highest BCUT2D eigenvalue weighted by Gasteiger charge is 2.44. The molecule has 5 unspecified atom stereocenters. The number of rotatable bonds is 14. The van der Waals surface area contributed by atoms with Crippen molar-refractivity contribution in [1.29, 1.82) is 0 Å². The Morgan fingerprint density at radius 2 is 1.28 bits per heavy atom. The molecule has 0 amide bonds. The molecule has 4 aromatic rings. The number of benzene rings is 4. The van der Waals surface area contributed by atoms with E-state index >= 15 is 0 Å². The number of aliphatic hydroxyl groups is 3. The van der Waals surface area contributed by atoms with Gasteiger partial charge in [0, 0.05) is 6.08 Å². The monoisotopic (exact) mass is 626 g/mol. The Hall–Kier alpha value is -4.51. The van der Waals surface area contributed by atoms with Crippen LogP contribution < -0.4 is 9.47 Å². The highest BCUT2D eigenvalue weighted by Crippen LogP contribution is 2.31. The minimum atomic E-state index is -1.54. The topological polar surface area (TPSA) is 124 Å². The van der Waals surface area contributed by atoms with Crippen molar-refractivity contribution >= 4 is 12.0 Å². The highest BCUT2D eigenvalue weighted by atomic mass is 16.7. The molecule has 1 fully saturated rings. The molecule has 0 radical (unpaired) electrons. The van der Waals surface area contributed by atoms with Crippen LogP contribution in [-0.4, -0.2) is 65.2 Å². The molecule has 3 N–H and O–H groups in total. The van der Waals surface area contributed by atoms with Crippen molar-refractivity contribution in [2.45, 2.75) is 50.3 Å². The number of hydrogen-bond acceptors (Lipinski definition) is 9. The lowest BCUT2D eigenvalue weighted by Crippen LogP contribution is -2.59. The van der Waals surface area contributed by atoms with E-state index in [2.05, 4.69) is 0 Å². The summed E-state index contributed by atoms with van der Waals surface area (Å²) in [6.45, 7) is 0.560. The Balaban J connectivity index is 1.17. The highest BCUT2D eigenvalue weighted by molar-refractivity contribution is 5.87. The lowest BCUT2D eigenvalue weighted by molar-refractivity contribution is -0.301. The number of esters is 1. The van der Waals surface area contributed by atoms with E-state index in [1.807, 2.05) is 91.0 Å². The first kappa shape index (κ1) is 32.9. The normalized spacial score (nSPS) is 21.2. The lowest BCUT2D eigenvalue weighted by Gasteiger charge is -2.39. The SMILES string of the molecule is O=C(/C=C/c1ccc(OCc2ccccc2)c(OCc2ccccc2)c1)OCC1OC(OCCc2ccccc2)C(O)C(O)C1O. The molecule has 46 heavy (non-hydrogen) atoms. The molecule has 0 aromatic heterocycles. The van der Waals surface area contributed by atoms with Crippen LogP contribution in [0.3, 0.4) is 0 Å². The van der Waals surface area contributed by atoms with E-state index in [0.29, 0.717) is 36.7 Å². The summed E-state index contributed by atoms with van der Waals surface area (Å²) in [4.78, 5) is 12.6. The van der Waals surface area contributed by atoms with Crippen molar-refractivity contribution in [2.24, 2.45) is 0 Å². The van der Waals surface area contributed by atoms with Crippen molar-refractivity contribution in [1.82, 2.24) is 0 Å². The van der Waals surface area contributed by atoms with E-state index in [1.165, 1.54) is 6.08 Å². The van der Waals surface area contributed by atoms with Crippen molar-refractivity contribution in [3.05, 3.63) is 138 Å². The number of ether oxygens (including phenoxy) is 5. The van der Waals surface area contributed by atoms with Gasteiger partial charge in [-0.1, -0.05) is 97.1 Å². The molecule has 0 spiro atoms. The number of aliphatic hydroxyl groups excluding tert-OH is 3. The smallest absolute Gasteiger partial charge is 0.330 e. The first-order valence-corrected chi connectivity index (χ1v) is 15.1. The molecule has 5 rings (SSSR count). The van der Waals surface area contributed by atoms with Gasteiger partial charge in [0.2, 0.25) is 0 Å². The Kier molecular flexibility index (Phi) is 11.9. The molecule has 1 heterocycles. The number of hydrogen-bond donors (Lipinski definition) is 3. The summed E-state index contributed by atoms with van der Waals surface area (Å²) in [6.07, 6.45) is -3.39. The summed E-state index contributed by atoms with van der Waals surface area (Å²) in [5.41, 5.74) is 3.72. The summed E-state index contributed by atoms with van der Waals surface area (Å²) in [5, 5.41) is 31.1. The zero-order valence-corrected chi connectivity index (χ0v) is 25.3. The molecule has 0 bridgehead atoms. The van der Waals surface area contributed by atoms with Gasteiger partial charge < -0.3 is 39.0 Å². The Morgan fingerprint density at radius 3 is 1.91 bits per heavy atom. The van der Waals surface area contributed by atoms with Gasteiger partial charge in [0.25, 0.3) is 0 Å². The van der Waals surface area contributed by atoms with Gasteiger partial charge in [-0.05, 0) is 46.9 Å². The summed E-state index contributed by atoms with van der Waals surface area (Å²) in [6, 6.07) is 34.5. The Morgan fingerprint density at radius 1 is 0.696 bits per heavy atom. The van der Waals surface area contributed by atoms with Crippen LogP contribution in [0.2, 0.25) is 0 Å². The van der Waals surface area contributed by atoms with Gasteiger partial charge in [0.1, 0.15) is 44.2 Å². The molecule has 4 aromatic carbocycles. The molecule has 1 aliphatic rings. The molecular formula is C37H38O9. The molecule has 9 heteroatoms. The van der Waals surface area contributed by atoms with Gasteiger partial charge in [-0.3, -0.25) is 0 Å². The summed E-state index contributed by atoms with van der Waals surface area (Å²) < 4.78 is 28.8. The molecule has 0 aliphatic carbocycles. The second kappa shape index (κ2) is 16.7. The second-order valence-electron chi connectivity index (χ2n) is 10.8. The van der Waals surface area contributed by atoms with Gasteiger partial charge in [-0.25, -0.2) is 4.79 Å². The van der Waals surface area contributed by atoms with Gasteiger partial charge >= 0.3 is 5.97 Å². The minimum absolute atomic E-state index is 0.219. The van der Waals surface area contributed by atoms with E-state index < -0.39 is 36.7 Å². The third-order valence-corrected chi connectivity index (χ3v) is 7.43. The third kappa shape index (κ3) is 9.50. The average molecular weight is 627 g/mol. The summed E-state index contributed by atoms with van der Waals surface area (Å²) in [5.74, 6) is 0.387. The quantitative estimate of drug-likeness (QED) is 0.137. The number of carbonyl (C=O) groups excluding carboxylic acids is 1. The molecule has 9 nitrogen and oxygen atoms in total. The van der Waals surface area contributed by atoms with Crippen LogP contribution in [0, 0.1) is 0 Å². The lowest BCUT2D eigenvalue weighted by atomic mass is 9.99. The zero-order chi connectivity index (χ0) is 32.1. The molecule has 1 aliphatic heterocycles. The Labute approximate surface area is 268 Å². The van der Waals surface area contributed by atoms with Crippen LogP contribution in [0.15, 0.2) is 115 Å². The maximum Gasteiger partial charge on any atom is 0.330 e. The maximum atomic E-state index is 12.6. The standard InChI is InChI=1S/C37H38O9/c38-33(45-25-32-34(39)35(40)36(41)37(46-32)42-21-20-26-10-4-1-5-11-26)19-17-27-16-18-30(43-23-28-12-6-2-7-13-28)31(22-27)44-24-29-14-8-3-9-15-29/h1-19,22,32,34-37,39-41H,20-21,23-25H2/b19-17+. The summed E-state index contributed by atoms with van der Waals surface area (Å²) >= 11 is 0. The van der Waals surface area contributed by atoms with E-state index in [9.17, 15) is 20.1 Å². The molecular weight excluding hydrogens is 588 g/mol. The molecule has 0 saturated carbocycles. The van der Waals surface area contributed by atoms with Gasteiger partial charge in [0.15, 0.2) is 17.8 Å². The predicted molar refractivity (Wildman–Crippen MR) is 171 cm³/mol. The number of carbonyl (C=O) groups is 1. The van der Waals surface area contributed by atoms with E-state index in [0.717, 1.165) is 16.7 Å². The van der Waals surface area contributed by atoms with Gasteiger partial charge in [-0.2, -0.15) is 0 Å². The van der Waals surface area contributed by atoms with Crippen molar-refractivity contribution < 1.29 is 43.8 Å². The van der Waals surface area contributed by atoms with Gasteiger partial charge in [-0.15, -0.1) is 0 Å². The molecule has 5 atom stereocenters. The van der Waals surface area contributed by atoms with Crippen LogP contribution >= 0.6 is 0 Å². The van der Waals surface area contributed by atoms with Gasteiger partial charge in [0.05, 0.1) is 6.61 Å². The maximum absolute atomic E-state index is 12.6. The largest absolute Gasteiger partial charge is 0.485 e. The van der Waals surface area contributed by atoms with E-state index in [4.69, 9.17) is 23.7 Å². The average Bonchev–Trinajstić information content (AvgIpc) is 3.10. The van der Waals surface area contributed by atoms with Crippen LogP contribution in [-0.2, 0) is 38.6 Å². The fourth-order valence-electron chi connectivity index (χ4n) is 4.84. The minimum Gasteiger partial charge on any atom is -0.485 e. The van der Waals surface area contributed by atoms with Crippen LogP contribution in [0.5, 0.6) is 11.5 Å². The van der Waals surface area contributed by atoms with Crippen LogP contribution in [0.4, 0.5) is 0 Å². The van der Waals surface area contributed by atoms with E-state index in [-0.39, 0.29) is 13.2 Å². The third-order valence-electron chi connectivity index (χ3n) is 7.43. The predicted octanol–water partition coefficient (Wildman–Crippen LogP) is 4.47. The zero-order valence-electron chi connectivity index (χ0n) is 25.3. The van der Waals surface area contributed by atoms with Crippen molar-refractivity contribution in [3.63, 3.8) is 0 Å². The van der Waals surface area contributed by atoms with Crippen LogP contribution in [0.25, 0.3) is 6.08 Å². The molecule has 240 valence electrons. The Bertz CT molecular complexity index is 1530. The first-order valence-electron chi connectivity index (χ1n) is 15.1. The van der Waals surface area contributed by atoms with Crippen molar-refractivity contribution in [2.75, 3.05) is 13.2 Å². The second-order valence-corrected chi connectivity index (χ2v) is 10.8. The van der Waals surface area contributed by atoms with Crippen LogP contribution in [0.1, 0.15) is 22.3 Å². The first-order chi connectivity index (χ1) is 22.5. The molecule has 1 saturated heterocycles. The van der Waals surface area contributed by atoms with E-state index in [1.54, 1.807) is 24.3 Å². The summed E-state index contributed by atoms with van der Waals surface area (Å²) in [7, 11) is 0. The fourth-order valence-corrected chi connectivity index (χ4v) is 4.84. The van der Waals surface area contributed by atoms with Crippen molar-refractivity contribution in [3.8, 4) is 11.5 Å². The fraction of sp³-hybridized carbons (Fsp3) is 0.270.